The van der Waals surface area contributed by atoms with Crippen LogP contribution >= 0.6 is 0 Å². The van der Waals surface area contributed by atoms with Gasteiger partial charge in [-0.15, -0.1) is 0 Å². The zero-order valence-electron chi connectivity index (χ0n) is 12.4. The molecule has 1 fully saturated rings. The van der Waals surface area contributed by atoms with Gasteiger partial charge in [-0.25, -0.2) is 0 Å². The predicted molar refractivity (Wildman–Crippen MR) is 75.0 cm³/mol. The maximum absolute atomic E-state index is 5.68. The highest BCUT2D eigenvalue weighted by atomic mass is 16.5. The standard InChI is InChI=1S/C16H24O2/c1-10-12(16(2,3)4)9-13(17-5)14(11-7-8-11)15(10)18-6/h9,11H,7-8H2,1-6H3. The summed E-state index contributed by atoms with van der Waals surface area (Å²) in [6.45, 7) is 8.84. The van der Waals surface area contributed by atoms with Gasteiger partial charge < -0.3 is 9.47 Å². The number of ether oxygens (including phenoxy) is 2. The molecule has 0 aromatic heterocycles. The number of rotatable bonds is 3. The second kappa shape index (κ2) is 4.49. The first kappa shape index (κ1) is 13.3. The van der Waals surface area contributed by atoms with Crippen molar-refractivity contribution in [3.63, 3.8) is 0 Å². The summed E-state index contributed by atoms with van der Waals surface area (Å²) in [5.74, 6) is 2.65. The number of methoxy groups -OCH3 is 2. The highest BCUT2D eigenvalue weighted by Crippen LogP contribution is 2.51. The molecule has 100 valence electrons. The van der Waals surface area contributed by atoms with E-state index in [-0.39, 0.29) is 5.41 Å². The lowest BCUT2D eigenvalue weighted by atomic mass is 9.82. The molecule has 0 unspecified atom stereocenters. The Morgan fingerprint density at radius 2 is 1.72 bits per heavy atom. The Morgan fingerprint density at radius 3 is 2.11 bits per heavy atom. The fourth-order valence-corrected chi connectivity index (χ4v) is 2.72. The number of hydrogen-bond acceptors (Lipinski definition) is 2. The lowest BCUT2D eigenvalue weighted by Gasteiger charge is -2.26. The van der Waals surface area contributed by atoms with Crippen LogP contribution in [0.1, 0.15) is 56.2 Å². The summed E-state index contributed by atoms with van der Waals surface area (Å²) >= 11 is 0. The van der Waals surface area contributed by atoms with Gasteiger partial charge in [0.25, 0.3) is 0 Å². The van der Waals surface area contributed by atoms with Gasteiger partial charge in [0.05, 0.1) is 14.2 Å². The molecule has 0 aliphatic heterocycles. The predicted octanol–water partition coefficient (Wildman–Crippen LogP) is 4.19. The number of benzene rings is 1. The van der Waals surface area contributed by atoms with Crippen molar-refractivity contribution in [1.82, 2.24) is 0 Å². The molecule has 1 saturated carbocycles. The minimum atomic E-state index is 0.104. The molecule has 0 heterocycles. The molecule has 0 N–H and O–H groups in total. The van der Waals surface area contributed by atoms with Crippen molar-refractivity contribution in [3.05, 3.63) is 22.8 Å². The van der Waals surface area contributed by atoms with Crippen LogP contribution in [-0.2, 0) is 5.41 Å². The van der Waals surface area contributed by atoms with Gasteiger partial charge in [0.2, 0.25) is 0 Å². The topological polar surface area (TPSA) is 18.5 Å². The average Bonchev–Trinajstić information content (AvgIpc) is 3.10. The molecule has 0 spiro atoms. The van der Waals surface area contributed by atoms with Gasteiger partial charge >= 0.3 is 0 Å². The maximum atomic E-state index is 5.68. The van der Waals surface area contributed by atoms with Gasteiger partial charge in [0, 0.05) is 5.56 Å². The van der Waals surface area contributed by atoms with Crippen molar-refractivity contribution < 1.29 is 9.47 Å². The normalized spacial score (nSPS) is 15.7. The third-order valence-corrected chi connectivity index (χ3v) is 3.75. The van der Waals surface area contributed by atoms with E-state index >= 15 is 0 Å². The average molecular weight is 248 g/mol. The monoisotopic (exact) mass is 248 g/mol. The summed E-state index contributed by atoms with van der Waals surface area (Å²) in [4.78, 5) is 0. The Balaban J connectivity index is 2.66. The van der Waals surface area contributed by atoms with Crippen LogP contribution in [0.15, 0.2) is 6.07 Å². The van der Waals surface area contributed by atoms with Crippen LogP contribution in [0.2, 0.25) is 0 Å². The van der Waals surface area contributed by atoms with Crippen LogP contribution in [0.4, 0.5) is 0 Å². The van der Waals surface area contributed by atoms with Crippen molar-refractivity contribution in [2.24, 2.45) is 0 Å². The third-order valence-electron chi connectivity index (χ3n) is 3.75. The molecule has 2 heteroatoms. The molecule has 1 aliphatic rings. The first-order chi connectivity index (χ1) is 8.40. The maximum Gasteiger partial charge on any atom is 0.129 e. The van der Waals surface area contributed by atoms with Crippen LogP contribution in [0.25, 0.3) is 0 Å². The number of hydrogen-bond donors (Lipinski definition) is 0. The summed E-state index contributed by atoms with van der Waals surface area (Å²) in [5, 5.41) is 0. The van der Waals surface area contributed by atoms with Crippen LogP contribution in [0.5, 0.6) is 11.5 Å². The van der Waals surface area contributed by atoms with E-state index in [1.807, 2.05) is 0 Å². The third kappa shape index (κ3) is 2.21. The largest absolute Gasteiger partial charge is 0.496 e. The minimum Gasteiger partial charge on any atom is -0.496 e. The van der Waals surface area contributed by atoms with E-state index in [0.29, 0.717) is 5.92 Å². The van der Waals surface area contributed by atoms with Crippen molar-refractivity contribution in [1.29, 1.82) is 0 Å². The molecule has 0 radical (unpaired) electrons. The Labute approximate surface area is 110 Å². The smallest absolute Gasteiger partial charge is 0.129 e. The molecule has 0 bridgehead atoms. The summed E-state index contributed by atoms with van der Waals surface area (Å²) < 4.78 is 11.3. The summed E-state index contributed by atoms with van der Waals surface area (Å²) in [6.07, 6.45) is 2.50. The van der Waals surface area contributed by atoms with Gasteiger partial charge in [-0.2, -0.15) is 0 Å². The zero-order chi connectivity index (χ0) is 13.5. The summed E-state index contributed by atoms with van der Waals surface area (Å²) in [7, 11) is 3.52. The van der Waals surface area contributed by atoms with Crippen LogP contribution < -0.4 is 9.47 Å². The van der Waals surface area contributed by atoms with Crippen molar-refractivity contribution in [2.75, 3.05) is 14.2 Å². The molecule has 0 atom stereocenters. The zero-order valence-corrected chi connectivity index (χ0v) is 12.4. The van der Waals surface area contributed by atoms with Crippen molar-refractivity contribution in [2.45, 2.75) is 51.9 Å². The van der Waals surface area contributed by atoms with E-state index in [4.69, 9.17) is 9.47 Å². The summed E-state index contributed by atoms with van der Waals surface area (Å²) in [5.41, 5.74) is 3.94. The van der Waals surface area contributed by atoms with Crippen LogP contribution in [0.3, 0.4) is 0 Å². The van der Waals surface area contributed by atoms with Gasteiger partial charge in [-0.1, -0.05) is 20.8 Å². The fraction of sp³-hybridized carbons (Fsp3) is 0.625. The quantitative estimate of drug-likeness (QED) is 0.798. The van der Waals surface area contributed by atoms with Gasteiger partial charge in [0.15, 0.2) is 0 Å². The molecule has 1 aromatic rings. The lowest BCUT2D eigenvalue weighted by Crippen LogP contribution is -2.15. The molecule has 0 amide bonds. The van der Waals surface area contributed by atoms with Crippen LogP contribution in [0, 0.1) is 6.92 Å². The van der Waals surface area contributed by atoms with Gasteiger partial charge in [-0.3, -0.25) is 0 Å². The molecular weight excluding hydrogens is 224 g/mol. The Morgan fingerprint density at radius 1 is 1.11 bits per heavy atom. The molecular formula is C16H24O2. The lowest BCUT2D eigenvalue weighted by molar-refractivity contribution is 0.379. The van der Waals surface area contributed by atoms with E-state index in [1.165, 1.54) is 29.5 Å². The van der Waals surface area contributed by atoms with Gasteiger partial charge in [-0.05, 0) is 48.3 Å². The highest BCUT2D eigenvalue weighted by molar-refractivity contribution is 5.58. The first-order valence-corrected chi connectivity index (χ1v) is 6.66. The first-order valence-electron chi connectivity index (χ1n) is 6.66. The Hall–Kier alpha value is -1.18. The minimum absolute atomic E-state index is 0.104. The van der Waals surface area contributed by atoms with E-state index < -0.39 is 0 Å². The molecule has 1 aliphatic carbocycles. The van der Waals surface area contributed by atoms with Gasteiger partial charge in [0.1, 0.15) is 11.5 Å². The summed E-state index contributed by atoms with van der Waals surface area (Å²) in [6, 6.07) is 2.20. The van der Waals surface area contributed by atoms with E-state index in [0.717, 1.165) is 11.5 Å². The highest BCUT2D eigenvalue weighted by Gasteiger charge is 2.33. The van der Waals surface area contributed by atoms with E-state index in [2.05, 4.69) is 33.8 Å². The Bertz CT molecular complexity index is 451. The molecule has 0 saturated heterocycles. The SMILES string of the molecule is COc1cc(C(C)(C)C)c(C)c(OC)c1C1CC1. The Kier molecular flexibility index (Phi) is 3.31. The molecule has 18 heavy (non-hydrogen) atoms. The van der Waals surface area contributed by atoms with Crippen LogP contribution in [-0.4, -0.2) is 14.2 Å². The second-order valence-electron chi connectivity index (χ2n) is 6.22. The van der Waals surface area contributed by atoms with E-state index in [9.17, 15) is 0 Å². The van der Waals surface area contributed by atoms with Crippen molar-refractivity contribution >= 4 is 0 Å². The molecule has 2 rings (SSSR count). The van der Waals surface area contributed by atoms with Crippen molar-refractivity contribution in [3.8, 4) is 11.5 Å². The van der Waals surface area contributed by atoms with E-state index in [1.54, 1.807) is 14.2 Å². The fourth-order valence-electron chi connectivity index (χ4n) is 2.72. The second-order valence-corrected chi connectivity index (χ2v) is 6.22. The molecule has 2 nitrogen and oxygen atoms in total. The molecule has 1 aromatic carbocycles.